The van der Waals surface area contributed by atoms with Crippen LogP contribution in [0, 0.1) is 11.3 Å². The predicted octanol–water partition coefficient (Wildman–Crippen LogP) is 0.718. The molecule has 0 saturated carbocycles. The topological polar surface area (TPSA) is 55.0 Å². The van der Waals surface area contributed by atoms with Crippen molar-refractivity contribution in [2.45, 2.75) is 33.7 Å². The fourth-order valence-corrected chi connectivity index (χ4v) is 2.00. The largest absolute Gasteiger partial charge is 0.465 e. The van der Waals surface area contributed by atoms with Crippen molar-refractivity contribution in [3.63, 3.8) is 0 Å². The second-order valence-corrected chi connectivity index (χ2v) is 3.80. The van der Waals surface area contributed by atoms with Crippen LogP contribution in [0.1, 0.15) is 26.3 Å². The molecule has 0 N–H and O–H groups in total. The third-order valence-electron chi connectivity index (χ3n) is 2.68. The predicted molar refractivity (Wildman–Crippen MR) is 69.9 cm³/mol. The highest BCUT2D eigenvalue weighted by molar-refractivity contribution is 5.69. The summed E-state index contributed by atoms with van der Waals surface area (Å²) in [6.45, 7) is 6.19. The minimum Gasteiger partial charge on any atom is -0.465 e. The molecule has 0 aliphatic rings. The summed E-state index contributed by atoms with van der Waals surface area (Å²) in [6, 6.07) is 2.14. The van der Waals surface area contributed by atoms with Gasteiger partial charge in [-0.3, -0.25) is 4.79 Å². The maximum absolute atomic E-state index is 11.5. The maximum atomic E-state index is 11.5. The second kappa shape index (κ2) is 6.65. The highest BCUT2D eigenvalue weighted by Crippen LogP contribution is 1.93. The number of carbonyl (C=O) groups is 1. The van der Waals surface area contributed by atoms with E-state index in [9.17, 15) is 4.79 Å². The molecule has 0 radical (unpaired) electrons. The number of nitriles is 1. The molecule has 0 unspecified atom stereocenters. The van der Waals surface area contributed by atoms with E-state index in [1.54, 1.807) is 6.92 Å². The van der Waals surface area contributed by atoms with Crippen molar-refractivity contribution in [2.24, 2.45) is 0 Å². The van der Waals surface area contributed by atoms with Gasteiger partial charge in [-0.05, 0) is 31.6 Å². The van der Waals surface area contributed by atoms with Gasteiger partial charge in [-0.15, -0.1) is 0 Å². The second-order valence-electron chi connectivity index (χ2n) is 3.80. The Hall–Kier alpha value is -2.02. The number of hydrogen-bond donors (Lipinski definition) is 0. The Morgan fingerprint density at radius 2 is 2.22 bits per heavy atom. The molecule has 4 heteroatoms. The lowest BCUT2D eigenvalue weighted by atomic mass is 10.2. The standard InChI is InChI=1S/C14H18N2O2/c1-4-12-11(7-8-15)9-16(13(12)5-2)10-14(17)18-6-3/h4-5,9H,6-7,10H2,1-3H3/b12-4-,13-5+. The third-order valence-corrected chi connectivity index (χ3v) is 2.68. The van der Waals surface area contributed by atoms with Crippen molar-refractivity contribution in [1.82, 2.24) is 4.57 Å². The van der Waals surface area contributed by atoms with Crippen LogP contribution < -0.4 is 10.6 Å². The van der Waals surface area contributed by atoms with Gasteiger partial charge in [0.2, 0.25) is 0 Å². The van der Waals surface area contributed by atoms with Crippen molar-refractivity contribution in [1.29, 1.82) is 5.26 Å². The number of rotatable bonds is 4. The molecule has 96 valence electrons. The molecule has 0 aliphatic carbocycles. The highest BCUT2D eigenvalue weighted by Gasteiger charge is 2.08. The molecule has 0 bridgehead atoms. The number of carbonyl (C=O) groups excluding carboxylic acids is 1. The van der Waals surface area contributed by atoms with E-state index >= 15 is 0 Å². The van der Waals surface area contributed by atoms with Gasteiger partial charge < -0.3 is 9.30 Å². The Kier molecular flexibility index (Phi) is 5.19. The lowest BCUT2D eigenvalue weighted by molar-refractivity contribution is -0.143. The third kappa shape index (κ3) is 3.01. The highest BCUT2D eigenvalue weighted by atomic mass is 16.5. The van der Waals surface area contributed by atoms with Gasteiger partial charge in [0, 0.05) is 11.5 Å². The SMILES string of the molecule is C/C=c1/c(CC#N)cn(CC(=O)OCC)/c1=C/C. The first kappa shape index (κ1) is 14.0. The Morgan fingerprint density at radius 1 is 1.50 bits per heavy atom. The van der Waals surface area contributed by atoms with E-state index in [4.69, 9.17) is 10.00 Å². The molecular weight excluding hydrogens is 228 g/mol. The first-order valence-corrected chi connectivity index (χ1v) is 6.01. The summed E-state index contributed by atoms with van der Waals surface area (Å²) in [5, 5.41) is 10.8. The van der Waals surface area contributed by atoms with Crippen molar-refractivity contribution in [3.05, 3.63) is 22.3 Å². The van der Waals surface area contributed by atoms with Gasteiger partial charge in [0.05, 0.1) is 19.1 Å². The molecule has 0 aliphatic heterocycles. The molecule has 0 amide bonds. The molecule has 0 aromatic carbocycles. The first-order chi connectivity index (χ1) is 8.67. The normalized spacial score (nSPS) is 12.6. The number of esters is 1. The van der Waals surface area contributed by atoms with Gasteiger partial charge in [0.25, 0.3) is 0 Å². The Labute approximate surface area is 107 Å². The quantitative estimate of drug-likeness (QED) is 0.735. The fraction of sp³-hybridized carbons (Fsp3) is 0.429. The van der Waals surface area contributed by atoms with Crippen molar-refractivity contribution in [2.75, 3.05) is 6.61 Å². The van der Waals surface area contributed by atoms with Crippen molar-refractivity contribution >= 4 is 18.1 Å². The minimum atomic E-state index is -0.262. The van der Waals surface area contributed by atoms with E-state index in [0.717, 1.165) is 16.1 Å². The zero-order valence-electron chi connectivity index (χ0n) is 11.1. The minimum absolute atomic E-state index is 0.180. The van der Waals surface area contributed by atoms with Crippen LogP contribution in [0.25, 0.3) is 12.2 Å². The van der Waals surface area contributed by atoms with Gasteiger partial charge in [-0.2, -0.15) is 5.26 Å². The fourth-order valence-electron chi connectivity index (χ4n) is 2.00. The van der Waals surface area contributed by atoms with E-state index in [1.807, 2.05) is 36.8 Å². The molecule has 0 atom stereocenters. The average molecular weight is 246 g/mol. The summed E-state index contributed by atoms with van der Waals surface area (Å²) >= 11 is 0. The Balaban J connectivity index is 3.22. The van der Waals surface area contributed by atoms with E-state index in [-0.39, 0.29) is 12.5 Å². The van der Waals surface area contributed by atoms with Crippen molar-refractivity contribution in [3.8, 4) is 6.07 Å². The number of hydrogen-bond acceptors (Lipinski definition) is 3. The number of aromatic nitrogens is 1. The molecular formula is C14H18N2O2. The van der Waals surface area contributed by atoms with E-state index in [1.165, 1.54) is 0 Å². The summed E-state index contributed by atoms with van der Waals surface area (Å²) in [4.78, 5) is 11.5. The van der Waals surface area contributed by atoms with Crippen molar-refractivity contribution < 1.29 is 9.53 Å². The summed E-state index contributed by atoms with van der Waals surface area (Å²) < 4.78 is 6.77. The molecule has 18 heavy (non-hydrogen) atoms. The molecule has 4 nitrogen and oxygen atoms in total. The molecule has 1 rings (SSSR count). The van der Waals surface area contributed by atoms with Gasteiger partial charge in [0.15, 0.2) is 0 Å². The van der Waals surface area contributed by atoms with Gasteiger partial charge in [0.1, 0.15) is 6.54 Å². The molecule has 0 spiro atoms. The lowest BCUT2D eigenvalue weighted by Crippen LogP contribution is -2.32. The molecule has 0 saturated heterocycles. The molecule has 0 fully saturated rings. The van der Waals surface area contributed by atoms with Crippen LogP contribution in [0.2, 0.25) is 0 Å². The van der Waals surface area contributed by atoms with Crippen LogP contribution in [0.15, 0.2) is 6.20 Å². The van der Waals surface area contributed by atoms with E-state index < -0.39 is 0 Å². The molecule has 1 aromatic rings. The Bertz CT molecular complexity index is 576. The van der Waals surface area contributed by atoms with Crippen LogP contribution in [0.3, 0.4) is 0 Å². The van der Waals surface area contributed by atoms with Crippen LogP contribution >= 0.6 is 0 Å². The van der Waals surface area contributed by atoms with Gasteiger partial charge in [-0.1, -0.05) is 12.2 Å². The molecule has 1 aromatic heterocycles. The van der Waals surface area contributed by atoms with Crippen LogP contribution in [-0.2, 0) is 22.5 Å². The first-order valence-electron chi connectivity index (χ1n) is 6.01. The van der Waals surface area contributed by atoms with Crippen LogP contribution in [0.5, 0.6) is 0 Å². The van der Waals surface area contributed by atoms with Crippen LogP contribution in [-0.4, -0.2) is 17.1 Å². The average Bonchev–Trinajstić information content (AvgIpc) is 2.66. The molecule has 1 heterocycles. The summed E-state index contributed by atoms with van der Waals surface area (Å²) in [6.07, 6.45) is 6.10. The van der Waals surface area contributed by atoms with E-state index in [2.05, 4.69) is 6.07 Å². The zero-order valence-corrected chi connectivity index (χ0v) is 11.1. The number of nitrogens with zero attached hydrogens (tertiary/aromatic N) is 2. The monoisotopic (exact) mass is 246 g/mol. The van der Waals surface area contributed by atoms with Crippen LogP contribution in [0.4, 0.5) is 0 Å². The zero-order chi connectivity index (χ0) is 13.5. The maximum Gasteiger partial charge on any atom is 0.325 e. The smallest absolute Gasteiger partial charge is 0.325 e. The number of ether oxygens (including phenoxy) is 1. The van der Waals surface area contributed by atoms with Gasteiger partial charge in [-0.25, -0.2) is 0 Å². The summed E-state index contributed by atoms with van der Waals surface area (Å²) in [7, 11) is 0. The lowest BCUT2D eigenvalue weighted by Gasteiger charge is -2.03. The summed E-state index contributed by atoms with van der Waals surface area (Å²) in [5.74, 6) is -0.262. The Morgan fingerprint density at radius 3 is 2.72 bits per heavy atom. The van der Waals surface area contributed by atoms with Gasteiger partial charge >= 0.3 is 5.97 Å². The van der Waals surface area contributed by atoms with E-state index in [0.29, 0.717) is 13.0 Å². The summed E-state index contributed by atoms with van der Waals surface area (Å²) in [5.41, 5.74) is 0.942.